The van der Waals surface area contributed by atoms with Crippen molar-refractivity contribution < 1.29 is 14.4 Å². The van der Waals surface area contributed by atoms with Gasteiger partial charge < -0.3 is 19.8 Å². The number of aromatic nitrogens is 2. The third kappa shape index (κ3) is 3.34. The molecule has 0 spiro atoms. The van der Waals surface area contributed by atoms with Gasteiger partial charge in [-0.2, -0.15) is 4.98 Å². The fourth-order valence-corrected chi connectivity index (χ4v) is 3.03. The summed E-state index contributed by atoms with van der Waals surface area (Å²) in [4.78, 5) is 18.3. The smallest absolute Gasteiger partial charge is 0.318 e. The van der Waals surface area contributed by atoms with E-state index in [9.17, 15) is 9.90 Å². The summed E-state index contributed by atoms with van der Waals surface area (Å²) in [5.41, 5.74) is 2.42. The second kappa shape index (κ2) is 6.78. The number of carbonyl (C=O) groups is 1. The number of amides is 2. The SMILES string of the molecule is Cc1noc(CNC(=O)N(CCO)C2CCc3ccccc32)n1. The number of hydrogen-bond donors (Lipinski definition) is 2. The third-order valence-corrected chi connectivity index (χ3v) is 4.04. The highest BCUT2D eigenvalue weighted by Crippen LogP contribution is 2.35. The Hall–Kier alpha value is -2.41. The highest BCUT2D eigenvalue weighted by atomic mass is 16.5. The number of benzene rings is 1. The molecule has 2 N–H and O–H groups in total. The lowest BCUT2D eigenvalue weighted by Gasteiger charge is -2.29. The minimum Gasteiger partial charge on any atom is -0.395 e. The first-order chi connectivity index (χ1) is 11.2. The maximum atomic E-state index is 12.5. The molecule has 7 nitrogen and oxygen atoms in total. The Labute approximate surface area is 134 Å². The van der Waals surface area contributed by atoms with Crippen LogP contribution in [0.4, 0.5) is 4.79 Å². The molecule has 0 aliphatic heterocycles. The van der Waals surface area contributed by atoms with E-state index in [4.69, 9.17) is 4.52 Å². The Kier molecular flexibility index (Phi) is 4.57. The molecule has 2 aromatic rings. The van der Waals surface area contributed by atoms with Gasteiger partial charge in [-0.1, -0.05) is 29.4 Å². The van der Waals surface area contributed by atoms with Crippen LogP contribution in [-0.2, 0) is 13.0 Å². The maximum absolute atomic E-state index is 12.5. The van der Waals surface area contributed by atoms with Crippen molar-refractivity contribution in [3.05, 3.63) is 47.1 Å². The molecule has 7 heteroatoms. The van der Waals surface area contributed by atoms with Crippen molar-refractivity contribution in [1.82, 2.24) is 20.4 Å². The zero-order chi connectivity index (χ0) is 16.2. The summed E-state index contributed by atoms with van der Waals surface area (Å²) in [5.74, 6) is 0.901. The van der Waals surface area contributed by atoms with Crippen LogP contribution in [0.1, 0.15) is 35.3 Å². The average molecular weight is 316 g/mol. The molecule has 2 amide bonds. The molecule has 1 aromatic carbocycles. The fourth-order valence-electron chi connectivity index (χ4n) is 3.03. The van der Waals surface area contributed by atoms with E-state index in [1.165, 1.54) is 5.56 Å². The number of aliphatic hydroxyl groups excluding tert-OH is 1. The molecule has 0 bridgehead atoms. The summed E-state index contributed by atoms with van der Waals surface area (Å²) in [6.45, 7) is 2.11. The van der Waals surface area contributed by atoms with Crippen LogP contribution in [-0.4, -0.2) is 39.3 Å². The lowest BCUT2D eigenvalue weighted by atomic mass is 10.1. The maximum Gasteiger partial charge on any atom is 0.318 e. The van der Waals surface area contributed by atoms with E-state index in [2.05, 4.69) is 21.5 Å². The molecule has 0 fully saturated rings. The number of nitrogens with one attached hydrogen (secondary N) is 1. The molecule has 23 heavy (non-hydrogen) atoms. The molecule has 0 saturated carbocycles. The normalized spacial score (nSPS) is 16.2. The average Bonchev–Trinajstić information content (AvgIpc) is 3.16. The topological polar surface area (TPSA) is 91.5 Å². The molecule has 1 atom stereocenters. The lowest BCUT2D eigenvalue weighted by molar-refractivity contribution is 0.150. The van der Waals surface area contributed by atoms with Gasteiger partial charge in [0.25, 0.3) is 0 Å². The first-order valence-electron chi connectivity index (χ1n) is 7.71. The van der Waals surface area contributed by atoms with Crippen molar-refractivity contribution in [2.75, 3.05) is 13.2 Å². The minimum atomic E-state index is -0.239. The number of aryl methyl sites for hydroxylation is 2. The zero-order valence-electron chi connectivity index (χ0n) is 13.0. The molecule has 122 valence electrons. The van der Waals surface area contributed by atoms with Gasteiger partial charge in [0.2, 0.25) is 5.89 Å². The van der Waals surface area contributed by atoms with Gasteiger partial charge in [-0.15, -0.1) is 0 Å². The summed E-state index contributed by atoms with van der Waals surface area (Å²) >= 11 is 0. The molecular weight excluding hydrogens is 296 g/mol. The summed E-state index contributed by atoms with van der Waals surface area (Å²) in [6.07, 6.45) is 1.81. The number of urea groups is 1. The fraction of sp³-hybridized carbons (Fsp3) is 0.438. The van der Waals surface area contributed by atoms with E-state index >= 15 is 0 Å². The van der Waals surface area contributed by atoms with Gasteiger partial charge in [-0.05, 0) is 30.9 Å². The van der Waals surface area contributed by atoms with Gasteiger partial charge in [0, 0.05) is 6.54 Å². The van der Waals surface area contributed by atoms with Gasteiger partial charge in [-0.25, -0.2) is 4.79 Å². The molecule has 1 aliphatic carbocycles. The number of carbonyl (C=O) groups excluding carboxylic acids is 1. The van der Waals surface area contributed by atoms with Crippen LogP contribution in [0.25, 0.3) is 0 Å². The predicted octanol–water partition coefficient (Wildman–Crippen LogP) is 1.57. The van der Waals surface area contributed by atoms with Crippen molar-refractivity contribution in [2.45, 2.75) is 32.4 Å². The van der Waals surface area contributed by atoms with Gasteiger partial charge in [0.15, 0.2) is 5.82 Å². The van der Waals surface area contributed by atoms with Crippen molar-refractivity contribution >= 4 is 6.03 Å². The summed E-state index contributed by atoms with van der Waals surface area (Å²) in [5, 5.41) is 15.8. The number of fused-ring (bicyclic) bond motifs is 1. The van der Waals surface area contributed by atoms with Crippen molar-refractivity contribution in [3.63, 3.8) is 0 Å². The quantitative estimate of drug-likeness (QED) is 0.873. The molecule has 0 radical (unpaired) electrons. The monoisotopic (exact) mass is 316 g/mol. The van der Waals surface area contributed by atoms with E-state index in [1.54, 1.807) is 11.8 Å². The molecule has 1 aromatic heterocycles. The summed E-state index contributed by atoms with van der Waals surface area (Å²) in [7, 11) is 0. The van der Waals surface area contributed by atoms with Crippen molar-refractivity contribution in [1.29, 1.82) is 0 Å². The van der Waals surface area contributed by atoms with Crippen LogP contribution in [0.5, 0.6) is 0 Å². The predicted molar refractivity (Wildman–Crippen MR) is 82.6 cm³/mol. The lowest BCUT2D eigenvalue weighted by Crippen LogP contribution is -2.43. The molecule has 1 heterocycles. The number of nitrogens with zero attached hydrogens (tertiary/aromatic N) is 3. The summed E-state index contributed by atoms with van der Waals surface area (Å²) < 4.78 is 4.99. The summed E-state index contributed by atoms with van der Waals surface area (Å²) in [6, 6.07) is 7.87. The van der Waals surface area contributed by atoms with Crippen LogP contribution < -0.4 is 5.32 Å². The third-order valence-electron chi connectivity index (χ3n) is 4.04. The Morgan fingerprint density at radius 1 is 1.48 bits per heavy atom. The molecule has 3 rings (SSSR count). The van der Waals surface area contributed by atoms with Gasteiger partial charge in [0.05, 0.1) is 19.2 Å². The van der Waals surface area contributed by atoms with E-state index < -0.39 is 0 Å². The Bertz CT molecular complexity index is 685. The largest absolute Gasteiger partial charge is 0.395 e. The van der Waals surface area contributed by atoms with E-state index in [0.29, 0.717) is 11.7 Å². The van der Waals surface area contributed by atoms with Crippen molar-refractivity contribution in [3.8, 4) is 0 Å². The van der Waals surface area contributed by atoms with Gasteiger partial charge >= 0.3 is 6.03 Å². The van der Waals surface area contributed by atoms with Crippen LogP contribution in [0.3, 0.4) is 0 Å². The second-order valence-electron chi connectivity index (χ2n) is 5.56. The van der Waals surface area contributed by atoms with Crippen LogP contribution in [0.15, 0.2) is 28.8 Å². The molecule has 1 aliphatic rings. The molecule has 0 saturated heterocycles. The first-order valence-corrected chi connectivity index (χ1v) is 7.71. The first kappa shape index (κ1) is 15.5. The van der Waals surface area contributed by atoms with Gasteiger partial charge in [0.1, 0.15) is 0 Å². The van der Waals surface area contributed by atoms with Crippen molar-refractivity contribution in [2.24, 2.45) is 0 Å². The van der Waals surface area contributed by atoms with Crippen LogP contribution >= 0.6 is 0 Å². The second-order valence-corrected chi connectivity index (χ2v) is 5.56. The highest BCUT2D eigenvalue weighted by molar-refractivity contribution is 5.75. The Morgan fingerprint density at radius 2 is 2.30 bits per heavy atom. The number of aliphatic hydroxyl groups is 1. The Balaban J connectivity index is 1.70. The van der Waals surface area contributed by atoms with Crippen LogP contribution in [0.2, 0.25) is 0 Å². The number of hydrogen-bond acceptors (Lipinski definition) is 5. The zero-order valence-corrected chi connectivity index (χ0v) is 13.0. The van der Waals surface area contributed by atoms with E-state index in [0.717, 1.165) is 18.4 Å². The molecular formula is C16H20N4O3. The van der Waals surface area contributed by atoms with E-state index in [1.807, 2.05) is 18.2 Å². The minimum absolute atomic E-state index is 0.0113. The van der Waals surface area contributed by atoms with Gasteiger partial charge in [-0.3, -0.25) is 0 Å². The van der Waals surface area contributed by atoms with E-state index in [-0.39, 0.29) is 31.8 Å². The standard InChI is InChI=1S/C16H20N4O3/c1-11-18-15(23-19-11)10-17-16(22)20(8-9-21)14-7-6-12-4-2-3-5-13(12)14/h2-5,14,21H,6-10H2,1H3,(H,17,22). The molecule has 1 unspecified atom stereocenters. The Morgan fingerprint density at radius 3 is 3.04 bits per heavy atom. The van der Waals surface area contributed by atoms with Crippen LogP contribution in [0, 0.1) is 6.92 Å². The highest BCUT2D eigenvalue weighted by Gasteiger charge is 2.30. The number of rotatable bonds is 5.